The van der Waals surface area contributed by atoms with Crippen molar-refractivity contribution in [2.24, 2.45) is 11.3 Å². The zero-order valence-corrected chi connectivity index (χ0v) is 11.7. The van der Waals surface area contributed by atoms with Crippen LogP contribution in [0.3, 0.4) is 0 Å². The van der Waals surface area contributed by atoms with E-state index in [0.717, 1.165) is 19.3 Å². The Morgan fingerprint density at radius 1 is 1.35 bits per heavy atom. The number of carbonyl (C=O) groups is 1. The molecular weight excluding hydrogens is 234 g/mol. The first-order valence-electron chi connectivity index (χ1n) is 6.60. The lowest BCUT2D eigenvalue weighted by Crippen LogP contribution is -2.40. The van der Waals surface area contributed by atoms with E-state index in [0.29, 0.717) is 18.3 Å². The minimum atomic E-state index is -0.0943. The van der Waals surface area contributed by atoms with Crippen LogP contribution in [0.25, 0.3) is 0 Å². The summed E-state index contributed by atoms with van der Waals surface area (Å²) in [6.45, 7) is 4.99. The van der Waals surface area contributed by atoms with Gasteiger partial charge >= 0.3 is 0 Å². The molecule has 0 spiro atoms. The highest BCUT2D eigenvalue weighted by Gasteiger charge is 2.40. The predicted molar refractivity (Wildman–Crippen MR) is 73.2 cm³/mol. The molecule has 1 rings (SSSR count). The second-order valence-corrected chi connectivity index (χ2v) is 5.73. The zero-order valence-electron chi connectivity index (χ0n) is 11.0. The molecule has 0 bridgehead atoms. The van der Waals surface area contributed by atoms with Crippen molar-refractivity contribution in [2.75, 3.05) is 12.4 Å². The Labute approximate surface area is 110 Å². The van der Waals surface area contributed by atoms with Gasteiger partial charge in [-0.15, -0.1) is 11.6 Å². The van der Waals surface area contributed by atoms with E-state index in [2.05, 4.69) is 19.2 Å². The number of allylic oxidation sites excluding steroid dienone is 1. The number of nitrogens with one attached hydrogen (secondary N) is 1. The summed E-state index contributed by atoms with van der Waals surface area (Å²) in [6.07, 6.45) is 9.29. The van der Waals surface area contributed by atoms with Gasteiger partial charge in [0.2, 0.25) is 5.91 Å². The topological polar surface area (TPSA) is 29.1 Å². The molecule has 1 amide bonds. The van der Waals surface area contributed by atoms with Crippen LogP contribution in [0.2, 0.25) is 0 Å². The van der Waals surface area contributed by atoms with Crippen LogP contribution in [0.5, 0.6) is 0 Å². The van der Waals surface area contributed by atoms with Crippen LogP contribution >= 0.6 is 11.6 Å². The van der Waals surface area contributed by atoms with Crippen LogP contribution in [0, 0.1) is 11.3 Å². The number of hydrogen-bond acceptors (Lipinski definition) is 1. The lowest BCUT2D eigenvalue weighted by Gasteiger charge is -2.29. The molecule has 0 aromatic carbocycles. The average Bonchev–Trinajstić information content (AvgIpc) is 2.73. The van der Waals surface area contributed by atoms with Gasteiger partial charge in [0, 0.05) is 17.8 Å². The predicted octanol–water partition coefficient (Wildman–Crippen LogP) is 3.50. The van der Waals surface area contributed by atoms with Gasteiger partial charge in [-0.1, -0.05) is 38.8 Å². The molecule has 1 aliphatic rings. The standard InChI is InChI=1S/C14H24ClNO/c1-12(2)11-14(7-3-4-8-14)13(17)16-10-6-5-9-15/h5-6,12H,3-4,7-11H2,1-2H3,(H,16,17)/b6-5+. The van der Waals surface area contributed by atoms with Gasteiger partial charge in [0.15, 0.2) is 0 Å². The number of hydrogen-bond donors (Lipinski definition) is 1. The van der Waals surface area contributed by atoms with Crippen molar-refractivity contribution in [3.63, 3.8) is 0 Å². The van der Waals surface area contributed by atoms with Crippen LogP contribution in [-0.2, 0) is 4.79 Å². The molecule has 0 atom stereocenters. The molecule has 0 saturated heterocycles. The van der Waals surface area contributed by atoms with Crippen LogP contribution in [0.4, 0.5) is 0 Å². The number of amides is 1. The number of halogens is 1. The fraction of sp³-hybridized carbons (Fsp3) is 0.786. The van der Waals surface area contributed by atoms with Gasteiger partial charge in [0.1, 0.15) is 0 Å². The van der Waals surface area contributed by atoms with Gasteiger partial charge in [0.25, 0.3) is 0 Å². The Hall–Kier alpha value is -0.500. The summed E-state index contributed by atoms with van der Waals surface area (Å²) in [4.78, 5) is 12.3. The molecule has 1 fully saturated rings. The maximum atomic E-state index is 12.3. The Balaban J connectivity index is 2.52. The van der Waals surface area contributed by atoms with Gasteiger partial charge in [-0.25, -0.2) is 0 Å². The summed E-state index contributed by atoms with van der Waals surface area (Å²) >= 11 is 5.54. The Morgan fingerprint density at radius 3 is 2.53 bits per heavy atom. The van der Waals surface area contributed by atoms with Gasteiger partial charge in [-0.3, -0.25) is 4.79 Å². The van der Waals surface area contributed by atoms with Crippen LogP contribution in [-0.4, -0.2) is 18.3 Å². The van der Waals surface area contributed by atoms with Crippen molar-refractivity contribution in [3.8, 4) is 0 Å². The molecule has 17 heavy (non-hydrogen) atoms. The van der Waals surface area contributed by atoms with Crippen molar-refractivity contribution in [1.29, 1.82) is 0 Å². The van der Waals surface area contributed by atoms with Gasteiger partial charge in [-0.05, 0) is 25.2 Å². The van der Waals surface area contributed by atoms with Crippen LogP contribution in [0.1, 0.15) is 46.0 Å². The van der Waals surface area contributed by atoms with E-state index in [9.17, 15) is 4.79 Å². The molecule has 1 saturated carbocycles. The molecule has 3 heteroatoms. The van der Waals surface area contributed by atoms with E-state index in [1.165, 1.54) is 12.8 Å². The third-order valence-corrected chi connectivity index (χ3v) is 3.66. The first-order valence-corrected chi connectivity index (χ1v) is 7.13. The second kappa shape index (κ2) is 7.05. The molecule has 0 aromatic rings. The molecule has 0 aromatic heterocycles. The van der Waals surface area contributed by atoms with E-state index in [4.69, 9.17) is 11.6 Å². The van der Waals surface area contributed by atoms with Gasteiger partial charge in [-0.2, -0.15) is 0 Å². The molecule has 0 aliphatic heterocycles. The van der Waals surface area contributed by atoms with Crippen LogP contribution in [0.15, 0.2) is 12.2 Å². The third kappa shape index (κ3) is 4.34. The lowest BCUT2D eigenvalue weighted by molar-refractivity contribution is -0.131. The summed E-state index contributed by atoms with van der Waals surface area (Å²) < 4.78 is 0. The normalized spacial score (nSPS) is 19.1. The third-order valence-electron chi connectivity index (χ3n) is 3.48. The first-order chi connectivity index (χ1) is 8.10. The molecule has 0 radical (unpaired) electrons. The minimum absolute atomic E-state index is 0.0943. The van der Waals surface area contributed by atoms with Gasteiger partial charge in [0.05, 0.1) is 0 Å². The quantitative estimate of drug-likeness (QED) is 0.573. The van der Waals surface area contributed by atoms with Crippen LogP contribution < -0.4 is 5.32 Å². The smallest absolute Gasteiger partial charge is 0.226 e. The average molecular weight is 258 g/mol. The zero-order chi connectivity index (χ0) is 12.7. The van der Waals surface area contributed by atoms with Crippen molar-refractivity contribution in [1.82, 2.24) is 5.32 Å². The number of rotatable bonds is 6. The molecular formula is C14H24ClNO. The minimum Gasteiger partial charge on any atom is -0.352 e. The number of alkyl halides is 1. The Bertz CT molecular complexity index is 267. The largest absolute Gasteiger partial charge is 0.352 e. The highest BCUT2D eigenvalue weighted by Crippen LogP contribution is 2.43. The summed E-state index contributed by atoms with van der Waals surface area (Å²) in [6, 6.07) is 0. The van der Waals surface area contributed by atoms with E-state index < -0.39 is 0 Å². The highest BCUT2D eigenvalue weighted by atomic mass is 35.5. The van der Waals surface area contributed by atoms with Crippen molar-refractivity contribution < 1.29 is 4.79 Å². The molecule has 1 N–H and O–H groups in total. The first kappa shape index (κ1) is 14.6. The Morgan fingerprint density at radius 2 is 2.00 bits per heavy atom. The van der Waals surface area contributed by atoms with E-state index in [1.807, 2.05) is 12.2 Å². The summed E-state index contributed by atoms with van der Waals surface area (Å²) in [5, 5.41) is 3.02. The fourth-order valence-corrected chi connectivity index (χ4v) is 2.97. The molecule has 2 nitrogen and oxygen atoms in total. The van der Waals surface area contributed by atoms with Crippen molar-refractivity contribution in [3.05, 3.63) is 12.2 Å². The van der Waals surface area contributed by atoms with E-state index in [1.54, 1.807) is 0 Å². The summed E-state index contributed by atoms with van der Waals surface area (Å²) in [5.74, 6) is 1.33. The SMILES string of the molecule is CC(C)CC1(C(=O)NC/C=C/CCl)CCCC1. The lowest BCUT2D eigenvalue weighted by atomic mass is 9.77. The maximum Gasteiger partial charge on any atom is 0.226 e. The Kier molecular flexibility index (Phi) is 6.04. The van der Waals surface area contributed by atoms with E-state index in [-0.39, 0.29) is 11.3 Å². The maximum absolute atomic E-state index is 12.3. The monoisotopic (exact) mass is 257 g/mol. The second-order valence-electron chi connectivity index (χ2n) is 5.42. The van der Waals surface area contributed by atoms with E-state index >= 15 is 0 Å². The van der Waals surface area contributed by atoms with Crippen molar-refractivity contribution >= 4 is 17.5 Å². The molecule has 1 aliphatic carbocycles. The van der Waals surface area contributed by atoms with Crippen molar-refractivity contribution in [2.45, 2.75) is 46.0 Å². The molecule has 98 valence electrons. The fourth-order valence-electron chi connectivity index (χ4n) is 2.84. The summed E-state index contributed by atoms with van der Waals surface area (Å²) in [7, 11) is 0. The number of carbonyl (C=O) groups excluding carboxylic acids is 1. The summed E-state index contributed by atoms with van der Waals surface area (Å²) in [5.41, 5.74) is -0.0943. The highest BCUT2D eigenvalue weighted by molar-refractivity contribution is 6.18. The van der Waals surface area contributed by atoms with Gasteiger partial charge < -0.3 is 5.32 Å². The molecule has 0 heterocycles. The molecule has 0 unspecified atom stereocenters.